The molecule has 0 saturated carbocycles. The molecule has 6 nitrogen and oxygen atoms in total. The second kappa shape index (κ2) is 6.94. The van der Waals surface area contributed by atoms with Gasteiger partial charge in [0.05, 0.1) is 11.9 Å². The molecule has 1 aliphatic heterocycles. The van der Waals surface area contributed by atoms with Crippen LogP contribution in [0.25, 0.3) is 11.4 Å². The molecule has 2 aromatic heterocycles. The molecule has 1 fully saturated rings. The normalized spacial score (nSPS) is 18.4. The van der Waals surface area contributed by atoms with Gasteiger partial charge in [0.15, 0.2) is 0 Å². The molecule has 0 radical (unpaired) electrons. The number of likely N-dealkylation sites (tertiary alicyclic amines) is 1. The van der Waals surface area contributed by atoms with Crippen molar-refractivity contribution >= 4 is 5.91 Å². The second-order valence-corrected chi connectivity index (χ2v) is 8.05. The highest BCUT2D eigenvalue weighted by molar-refractivity contribution is 5.81. The quantitative estimate of drug-likeness (QED) is 0.931. The van der Waals surface area contributed by atoms with E-state index in [1.807, 2.05) is 44.9 Å². The second-order valence-electron chi connectivity index (χ2n) is 8.05. The van der Waals surface area contributed by atoms with Crippen LogP contribution in [0.2, 0.25) is 0 Å². The zero-order chi connectivity index (χ0) is 18.0. The highest BCUT2D eigenvalue weighted by atomic mass is 16.2. The van der Waals surface area contributed by atoms with Crippen molar-refractivity contribution in [2.75, 3.05) is 13.1 Å². The number of carbonyl (C=O) groups is 1. The number of hydrogen-bond donors (Lipinski definition) is 1. The van der Waals surface area contributed by atoms with Crippen molar-refractivity contribution < 1.29 is 4.79 Å². The summed E-state index contributed by atoms with van der Waals surface area (Å²) in [6.45, 7) is 9.60. The molecule has 1 aliphatic rings. The molecular weight excluding hydrogens is 314 g/mol. The first-order valence-electron chi connectivity index (χ1n) is 8.95. The maximum Gasteiger partial charge on any atom is 0.227 e. The lowest BCUT2D eigenvalue weighted by molar-refractivity contribution is -0.141. The molecule has 2 aromatic rings. The number of aromatic nitrogens is 4. The van der Waals surface area contributed by atoms with Crippen LogP contribution in [0.1, 0.15) is 45.0 Å². The Balaban J connectivity index is 1.69. The molecular formula is C19H27N5O. The maximum absolute atomic E-state index is 12.5. The van der Waals surface area contributed by atoms with Crippen molar-refractivity contribution in [2.45, 2.75) is 47.0 Å². The largest absolute Gasteiger partial charge is 0.342 e. The number of H-pyrrole nitrogens is 1. The van der Waals surface area contributed by atoms with Crippen molar-refractivity contribution in [3.63, 3.8) is 0 Å². The zero-order valence-electron chi connectivity index (χ0n) is 15.5. The van der Waals surface area contributed by atoms with Crippen molar-refractivity contribution in [3.8, 4) is 11.4 Å². The SMILES string of the molecule is Cc1cc(-c2cncc(CC3CCCN(C(=O)C(C)(C)C)C3)n2)n[nH]1. The van der Waals surface area contributed by atoms with Gasteiger partial charge >= 0.3 is 0 Å². The highest BCUT2D eigenvalue weighted by Crippen LogP contribution is 2.25. The first-order chi connectivity index (χ1) is 11.8. The summed E-state index contributed by atoms with van der Waals surface area (Å²) in [5, 5.41) is 7.19. The minimum atomic E-state index is -0.320. The molecule has 134 valence electrons. The third-order valence-electron chi connectivity index (χ3n) is 4.60. The molecule has 1 N–H and O–H groups in total. The highest BCUT2D eigenvalue weighted by Gasteiger charge is 2.31. The van der Waals surface area contributed by atoms with Gasteiger partial charge in [0.25, 0.3) is 0 Å². The number of nitrogens with one attached hydrogen (secondary N) is 1. The standard InChI is InChI=1S/C19H27N5O/c1-13-8-16(23-22-13)17-11-20-10-15(21-17)9-14-6-5-7-24(12-14)18(25)19(2,3)4/h8,10-11,14H,5-7,9,12H2,1-4H3,(H,22,23). The van der Waals surface area contributed by atoms with E-state index in [0.717, 1.165) is 55.1 Å². The van der Waals surface area contributed by atoms with Crippen LogP contribution in [0, 0.1) is 18.3 Å². The van der Waals surface area contributed by atoms with Crippen LogP contribution in [0.4, 0.5) is 0 Å². The Morgan fingerprint density at radius 1 is 1.32 bits per heavy atom. The number of piperidine rings is 1. The fourth-order valence-corrected chi connectivity index (χ4v) is 3.36. The zero-order valence-corrected chi connectivity index (χ0v) is 15.5. The van der Waals surface area contributed by atoms with E-state index in [-0.39, 0.29) is 11.3 Å². The summed E-state index contributed by atoms with van der Waals surface area (Å²) in [6, 6.07) is 1.97. The number of aromatic amines is 1. The molecule has 0 bridgehead atoms. The molecule has 3 heterocycles. The van der Waals surface area contributed by atoms with E-state index in [1.165, 1.54) is 0 Å². The molecule has 1 atom stereocenters. The Morgan fingerprint density at radius 2 is 2.12 bits per heavy atom. The maximum atomic E-state index is 12.5. The predicted octanol–water partition coefficient (Wildman–Crippen LogP) is 3.00. The van der Waals surface area contributed by atoms with Crippen LogP contribution in [-0.4, -0.2) is 44.1 Å². The summed E-state index contributed by atoms with van der Waals surface area (Å²) in [5.74, 6) is 0.676. The van der Waals surface area contributed by atoms with Crippen LogP contribution in [0.15, 0.2) is 18.5 Å². The Morgan fingerprint density at radius 3 is 2.80 bits per heavy atom. The monoisotopic (exact) mass is 341 g/mol. The van der Waals surface area contributed by atoms with E-state index in [4.69, 9.17) is 4.98 Å². The van der Waals surface area contributed by atoms with E-state index < -0.39 is 0 Å². The van der Waals surface area contributed by atoms with Crippen LogP contribution in [0.3, 0.4) is 0 Å². The van der Waals surface area contributed by atoms with Gasteiger partial charge in [-0.2, -0.15) is 5.10 Å². The third-order valence-corrected chi connectivity index (χ3v) is 4.60. The Hall–Kier alpha value is -2.24. The van der Waals surface area contributed by atoms with E-state index in [0.29, 0.717) is 5.92 Å². The summed E-state index contributed by atoms with van der Waals surface area (Å²) in [5.41, 5.74) is 3.26. The van der Waals surface area contributed by atoms with Gasteiger partial charge in [0, 0.05) is 30.4 Å². The van der Waals surface area contributed by atoms with Gasteiger partial charge in [-0.1, -0.05) is 20.8 Å². The van der Waals surface area contributed by atoms with Crippen molar-refractivity contribution in [2.24, 2.45) is 11.3 Å². The lowest BCUT2D eigenvalue weighted by Crippen LogP contribution is -2.45. The molecule has 1 unspecified atom stereocenters. The molecule has 3 rings (SSSR count). The minimum absolute atomic E-state index is 0.240. The molecule has 0 aliphatic carbocycles. The fourth-order valence-electron chi connectivity index (χ4n) is 3.36. The predicted molar refractivity (Wildman–Crippen MR) is 96.8 cm³/mol. The summed E-state index contributed by atoms with van der Waals surface area (Å²) in [6.07, 6.45) is 6.60. The van der Waals surface area contributed by atoms with Gasteiger partial charge in [-0.15, -0.1) is 0 Å². The van der Waals surface area contributed by atoms with Gasteiger partial charge in [0.2, 0.25) is 5.91 Å². The summed E-state index contributed by atoms with van der Waals surface area (Å²) >= 11 is 0. The van der Waals surface area contributed by atoms with Crippen LogP contribution < -0.4 is 0 Å². The Kier molecular flexibility index (Phi) is 4.88. The number of rotatable bonds is 3. The van der Waals surface area contributed by atoms with Gasteiger partial charge < -0.3 is 4.90 Å². The van der Waals surface area contributed by atoms with Crippen LogP contribution in [0.5, 0.6) is 0 Å². The summed E-state index contributed by atoms with van der Waals surface area (Å²) < 4.78 is 0. The van der Waals surface area contributed by atoms with Gasteiger partial charge in [-0.25, -0.2) is 4.98 Å². The Labute approximate surface area is 149 Å². The minimum Gasteiger partial charge on any atom is -0.342 e. The smallest absolute Gasteiger partial charge is 0.227 e. The van der Waals surface area contributed by atoms with E-state index >= 15 is 0 Å². The molecule has 25 heavy (non-hydrogen) atoms. The lowest BCUT2D eigenvalue weighted by atomic mass is 9.89. The number of amides is 1. The van der Waals surface area contributed by atoms with Crippen molar-refractivity contribution in [1.29, 1.82) is 0 Å². The first kappa shape index (κ1) is 17.6. The van der Waals surface area contributed by atoms with Crippen LogP contribution >= 0.6 is 0 Å². The van der Waals surface area contributed by atoms with E-state index in [9.17, 15) is 4.79 Å². The topological polar surface area (TPSA) is 74.8 Å². The lowest BCUT2D eigenvalue weighted by Gasteiger charge is -2.36. The average molecular weight is 341 g/mol. The molecule has 6 heteroatoms. The van der Waals surface area contributed by atoms with E-state index in [2.05, 4.69) is 15.2 Å². The summed E-state index contributed by atoms with van der Waals surface area (Å²) in [7, 11) is 0. The molecule has 1 amide bonds. The van der Waals surface area contributed by atoms with Gasteiger partial charge in [-0.3, -0.25) is 14.9 Å². The Bertz CT molecular complexity index is 746. The third kappa shape index (κ3) is 4.24. The van der Waals surface area contributed by atoms with Crippen molar-refractivity contribution in [1.82, 2.24) is 25.1 Å². The van der Waals surface area contributed by atoms with Gasteiger partial charge in [-0.05, 0) is 38.2 Å². The molecule has 1 saturated heterocycles. The number of aryl methyl sites for hydroxylation is 1. The van der Waals surface area contributed by atoms with Crippen molar-refractivity contribution in [3.05, 3.63) is 29.8 Å². The molecule has 0 spiro atoms. The summed E-state index contributed by atoms with van der Waals surface area (Å²) in [4.78, 5) is 23.6. The average Bonchev–Trinajstić information content (AvgIpc) is 3.00. The number of nitrogens with zero attached hydrogens (tertiary/aromatic N) is 4. The van der Waals surface area contributed by atoms with Gasteiger partial charge in [0.1, 0.15) is 11.4 Å². The fraction of sp³-hybridized carbons (Fsp3) is 0.579. The van der Waals surface area contributed by atoms with Crippen LogP contribution in [-0.2, 0) is 11.2 Å². The first-order valence-corrected chi connectivity index (χ1v) is 8.95. The van der Waals surface area contributed by atoms with E-state index in [1.54, 1.807) is 6.20 Å². The number of hydrogen-bond acceptors (Lipinski definition) is 4. The number of carbonyl (C=O) groups excluding carboxylic acids is 1. The molecule has 0 aromatic carbocycles.